The maximum atomic E-state index is 11.0. The molecule has 0 aromatic rings. The largest absolute Gasteiger partial charge is 0.351 e. The highest BCUT2D eigenvalue weighted by atomic mass is 16.2. The Morgan fingerprint density at radius 1 is 1.11 bits per heavy atom. The van der Waals surface area contributed by atoms with Crippen LogP contribution in [0.5, 0.6) is 0 Å². The van der Waals surface area contributed by atoms with Gasteiger partial charge >= 0.3 is 6.03 Å². The zero-order valence-electron chi connectivity index (χ0n) is 11.4. The first-order chi connectivity index (χ1) is 8.75. The van der Waals surface area contributed by atoms with Gasteiger partial charge in [0.2, 0.25) is 0 Å². The van der Waals surface area contributed by atoms with E-state index in [-0.39, 0.29) is 6.03 Å². The molecule has 2 amide bonds. The number of carbonyl (C=O) groups is 1. The topological polar surface area (TPSA) is 58.4 Å². The summed E-state index contributed by atoms with van der Waals surface area (Å²) in [7, 11) is 0. The van der Waals surface area contributed by atoms with Gasteiger partial charge in [0.05, 0.1) is 0 Å². The van der Waals surface area contributed by atoms with Gasteiger partial charge in [0, 0.05) is 19.1 Å². The molecule has 1 aliphatic heterocycles. The molecule has 1 saturated carbocycles. The second-order valence-corrected chi connectivity index (χ2v) is 5.85. The highest BCUT2D eigenvalue weighted by molar-refractivity contribution is 5.72. The number of primary amides is 1. The Kier molecular flexibility index (Phi) is 5.29. The number of nitrogens with one attached hydrogen (secondary N) is 1. The van der Waals surface area contributed by atoms with Crippen LogP contribution in [0, 0.1) is 5.92 Å². The summed E-state index contributed by atoms with van der Waals surface area (Å²) in [6, 6.07) is 0.319. The van der Waals surface area contributed by atoms with Crippen LogP contribution >= 0.6 is 0 Å². The Labute approximate surface area is 110 Å². The van der Waals surface area contributed by atoms with Gasteiger partial charge in [-0.15, -0.1) is 0 Å². The predicted molar refractivity (Wildman–Crippen MR) is 73.4 cm³/mol. The van der Waals surface area contributed by atoms with E-state index in [1.54, 1.807) is 4.90 Å². The Morgan fingerprint density at radius 2 is 1.78 bits per heavy atom. The van der Waals surface area contributed by atoms with Crippen LogP contribution in [-0.2, 0) is 0 Å². The lowest BCUT2D eigenvalue weighted by molar-refractivity contribution is 0.184. The third-order valence-electron chi connectivity index (χ3n) is 4.52. The van der Waals surface area contributed by atoms with E-state index in [0.717, 1.165) is 38.4 Å². The highest BCUT2D eigenvalue weighted by Crippen LogP contribution is 2.25. The van der Waals surface area contributed by atoms with E-state index >= 15 is 0 Å². The molecule has 0 atom stereocenters. The van der Waals surface area contributed by atoms with Gasteiger partial charge in [0.25, 0.3) is 0 Å². The summed E-state index contributed by atoms with van der Waals surface area (Å²) in [4.78, 5) is 12.8. The minimum atomic E-state index is -0.268. The number of urea groups is 1. The third kappa shape index (κ3) is 4.16. The summed E-state index contributed by atoms with van der Waals surface area (Å²) in [6.07, 6.45) is 10.6. The molecule has 18 heavy (non-hydrogen) atoms. The van der Waals surface area contributed by atoms with Gasteiger partial charge in [-0.05, 0) is 31.7 Å². The van der Waals surface area contributed by atoms with Crippen molar-refractivity contribution in [2.24, 2.45) is 11.7 Å². The van der Waals surface area contributed by atoms with Gasteiger partial charge in [-0.3, -0.25) is 0 Å². The predicted octanol–water partition coefficient (Wildman–Crippen LogP) is 2.09. The van der Waals surface area contributed by atoms with Crippen LogP contribution in [0.2, 0.25) is 0 Å². The van der Waals surface area contributed by atoms with E-state index in [2.05, 4.69) is 5.32 Å². The second-order valence-electron chi connectivity index (χ2n) is 5.85. The number of piperidine rings is 1. The fourth-order valence-corrected chi connectivity index (χ4v) is 3.27. The molecule has 4 nitrogen and oxygen atoms in total. The van der Waals surface area contributed by atoms with Crippen molar-refractivity contribution in [2.75, 3.05) is 19.6 Å². The lowest BCUT2D eigenvalue weighted by Crippen LogP contribution is -2.47. The maximum Gasteiger partial charge on any atom is 0.314 e. The number of hydrogen-bond acceptors (Lipinski definition) is 2. The molecule has 4 heteroatoms. The molecule has 0 spiro atoms. The summed E-state index contributed by atoms with van der Waals surface area (Å²) >= 11 is 0. The first-order valence-corrected chi connectivity index (χ1v) is 7.53. The fraction of sp³-hybridized carbons (Fsp3) is 0.929. The summed E-state index contributed by atoms with van der Waals surface area (Å²) in [5.74, 6) is 0.956. The zero-order valence-corrected chi connectivity index (χ0v) is 11.4. The first kappa shape index (κ1) is 13.7. The number of rotatable bonds is 4. The second kappa shape index (κ2) is 6.98. The van der Waals surface area contributed by atoms with Crippen molar-refractivity contribution in [3.05, 3.63) is 0 Å². The molecule has 1 aliphatic carbocycles. The molecule has 3 N–H and O–H groups in total. The fourth-order valence-electron chi connectivity index (χ4n) is 3.27. The average Bonchev–Trinajstić information content (AvgIpc) is 2.40. The molecule has 1 saturated heterocycles. The van der Waals surface area contributed by atoms with Crippen LogP contribution < -0.4 is 11.1 Å². The van der Waals surface area contributed by atoms with Crippen molar-refractivity contribution < 1.29 is 4.79 Å². The van der Waals surface area contributed by atoms with Crippen LogP contribution in [0.3, 0.4) is 0 Å². The molecule has 0 radical (unpaired) electrons. The van der Waals surface area contributed by atoms with E-state index in [1.165, 1.54) is 38.5 Å². The normalized spacial score (nSPS) is 23.2. The summed E-state index contributed by atoms with van der Waals surface area (Å²) in [6.45, 7) is 2.78. The number of nitrogens with two attached hydrogens (primary N) is 1. The minimum absolute atomic E-state index is 0.268. The average molecular weight is 253 g/mol. The van der Waals surface area contributed by atoms with Crippen LogP contribution in [-0.4, -0.2) is 36.6 Å². The van der Waals surface area contributed by atoms with E-state index in [9.17, 15) is 4.79 Å². The highest BCUT2D eigenvalue weighted by Gasteiger charge is 2.21. The van der Waals surface area contributed by atoms with Crippen LogP contribution in [0.25, 0.3) is 0 Å². The van der Waals surface area contributed by atoms with Crippen molar-refractivity contribution >= 4 is 6.03 Å². The lowest BCUT2D eigenvalue weighted by Gasteiger charge is -2.31. The molecule has 2 fully saturated rings. The summed E-state index contributed by atoms with van der Waals surface area (Å²) in [5.41, 5.74) is 5.28. The van der Waals surface area contributed by atoms with Crippen LogP contribution in [0.15, 0.2) is 0 Å². The lowest BCUT2D eigenvalue weighted by atomic mass is 9.87. The van der Waals surface area contributed by atoms with E-state index in [0.29, 0.717) is 6.04 Å². The van der Waals surface area contributed by atoms with Crippen molar-refractivity contribution in [2.45, 2.75) is 57.4 Å². The van der Waals surface area contributed by atoms with Crippen LogP contribution in [0.4, 0.5) is 4.79 Å². The molecule has 0 bridgehead atoms. The van der Waals surface area contributed by atoms with Gasteiger partial charge < -0.3 is 16.0 Å². The molecule has 2 aliphatic rings. The van der Waals surface area contributed by atoms with Crippen LogP contribution in [0.1, 0.15) is 51.4 Å². The Hall–Kier alpha value is -0.770. The molecule has 0 unspecified atom stereocenters. The zero-order chi connectivity index (χ0) is 12.8. The van der Waals surface area contributed by atoms with E-state index < -0.39 is 0 Å². The molecule has 2 rings (SSSR count). The summed E-state index contributed by atoms with van der Waals surface area (Å²) in [5, 5.41) is 3.65. The van der Waals surface area contributed by atoms with E-state index in [4.69, 9.17) is 5.73 Å². The molecular formula is C14H27N3O. The smallest absolute Gasteiger partial charge is 0.314 e. The van der Waals surface area contributed by atoms with Gasteiger partial charge in [0.1, 0.15) is 0 Å². The minimum Gasteiger partial charge on any atom is -0.351 e. The molecular weight excluding hydrogens is 226 g/mol. The van der Waals surface area contributed by atoms with Gasteiger partial charge in [0.15, 0.2) is 0 Å². The van der Waals surface area contributed by atoms with Gasteiger partial charge in [-0.2, -0.15) is 0 Å². The van der Waals surface area contributed by atoms with Crippen molar-refractivity contribution in [1.82, 2.24) is 10.2 Å². The number of amides is 2. The SMILES string of the molecule is NC(=O)N1CCC(NCCC2CCCCC2)CC1. The van der Waals surface area contributed by atoms with Crippen molar-refractivity contribution in [3.8, 4) is 0 Å². The molecule has 0 aromatic carbocycles. The summed E-state index contributed by atoms with van der Waals surface area (Å²) < 4.78 is 0. The monoisotopic (exact) mass is 253 g/mol. The number of hydrogen-bond donors (Lipinski definition) is 2. The van der Waals surface area contributed by atoms with Gasteiger partial charge in [-0.25, -0.2) is 4.79 Å². The van der Waals surface area contributed by atoms with Crippen molar-refractivity contribution in [3.63, 3.8) is 0 Å². The Bertz CT molecular complexity index is 256. The number of likely N-dealkylation sites (tertiary alicyclic amines) is 1. The molecule has 1 heterocycles. The third-order valence-corrected chi connectivity index (χ3v) is 4.52. The van der Waals surface area contributed by atoms with E-state index in [1.807, 2.05) is 0 Å². The number of carbonyl (C=O) groups excluding carboxylic acids is 1. The molecule has 0 aromatic heterocycles. The first-order valence-electron chi connectivity index (χ1n) is 7.53. The Balaban J connectivity index is 1.56. The van der Waals surface area contributed by atoms with Crippen molar-refractivity contribution in [1.29, 1.82) is 0 Å². The standard InChI is InChI=1S/C14H27N3O/c15-14(18)17-10-7-13(8-11-17)16-9-6-12-4-2-1-3-5-12/h12-13,16H,1-11H2,(H2,15,18). The number of nitrogens with zero attached hydrogens (tertiary/aromatic N) is 1. The maximum absolute atomic E-state index is 11.0. The Morgan fingerprint density at radius 3 is 2.39 bits per heavy atom. The quantitative estimate of drug-likeness (QED) is 0.806. The van der Waals surface area contributed by atoms with Gasteiger partial charge in [-0.1, -0.05) is 32.1 Å². The molecule has 104 valence electrons.